The molecule has 1 heterocycles. The summed E-state index contributed by atoms with van der Waals surface area (Å²) in [6.45, 7) is 2.43. The molecule has 0 aliphatic rings. The molecular formula is C9H14N2O3S2. The van der Waals surface area contributed by atoms with Gasteiger partial charge in [0.25, 0.3) is 0 Å². The molecule has 5 nitrogen and oxygen atoms in total. The molecule has 1 aromatic rings. The summed E-state index contributed by atoms with van der Waals surface area (Å²) < 4.78 is 26.6. The Kier molecular flexibility index (Phi) is 5.04. The van der Waals surface area contributed by atoms with Crippen LogP contribution in [0.1, 0.15) is 6.92 Å². The molecule has 0 radical (unpaired) electrons. The Hall–Kier alpha value is -0.790. The molecule has 0 bridgehead atoms. The Morgan fingerprint density at radius 2 is 2.25 bits per heavy atom. The minimum Gasteiger partial charge on any atom is -0.478 e. The van der Waals surface area contributed by atoms with Gasteiger partial charge in [-0.1, -0.05) is 6.07 Å². The van der Waals surface area contributed by atoms with Crippen molar-refractivity contribution in [1.82, 2.24) is 4.98 Å². The zero-order valence-corrected chi connectivity index (χ0v) is 10.6. The normalized spacial score (nSPS) is 11.4. The van der Waals surface area contributed by atoms with Gasteiger partial charge in [0.05, 0.1) is 12.4 Å². The zero-order valence-electron chi connectivity index (χ0n) is 8.92. The van der Waals surface area contributed by atoms with Gasteiger partial charge in [-0.15, -0.1) is 11.8 Å². The first-order valence-electron chi connectivity index (χ1n) is 4.74. The number of nitrogens with two attached hydrogens (primary N) is 1. The van der Waals surface area contributed by atoms with Crippen molar-refractivity contribution in [2.24, 2.45) is 5.14 Å². The third kappa shape index (κ3) is 5.34. The molecule has 16 heavy (non-hydrogen) atoms. The lowest BCUT2D eigenvalue weighted by atomic mass is 10.5. The molecule has 0 saturated heterocycles. The minimum atomic E-state index is -3.39. The summed E-state index contributed by atoms with van der Waals surface area (Å²) >= 11 is 1.34. The van der Waals surface area contributed by atoms with E-state index in [2.05, 4.69) is 4.98 Å². The van der Waals surface area contributed by atoms with E-state index in [-0.39, 0.29) is 5.75 Å². The van der Waals surface area contributed by atoms with Crippen LogP contribution in [0.5, 0.6) is 5.88 Å². The van der Waals surface area contributed by atoms with E-state index in [1.165, 1.54) is 11.8 Å². The number of aromatic nitrogens is 1. The van der Waals surface area contributed by atoms with Crippen LogP contribution in [-0.2, 0) is 10.0 Å². The minimum absolute atomic E-state index is 0.0573. The summed E-state index contributed by atoms with van der Waals surface area (Å²) in [5.41, 5.74) is 0. The van der Waals surface area contributed by atoms with E-state index in [1.807, 2.05) is 13.0 Å². The van der Waals surface area contributed by atoms with Crippen LogP contribution in [0.2, 0.25) is 0 Å². The van der Waals surface area contributed by atoms with Gasteiger partial charge in [-0.3, -0.25) is 0 Å². The van der Waals surface area contributed by atoms with Gasteiger partial charge >= 0.3 is 0 Å². The van der Waals surface area contributed by atoms with E-state index in [0.717, 1.165) is 5.03 Å². The van der Waals surface area contributed by atoms with E-state index in [4.69, 9.17) is 9.88 Å². The summed E-state index contributed by atoms with van der Waals surface area (Å²) in [5.74, 6) is 0.877. The summed E-state index contributed by atoms with van der Waals surface area (Å²) in [6, 6.07) is 5.38. The summed E-state index contributed by atoms with van der Waals surface area (Å²) in [6.07, 6.45) is 0. The van der Waals surface area contributed by atoms with Crippen LogP contribution in [0, 0.1) is 0 Å². The Balaban J connectivity index is 2.51. The highest BCUT2D eigenvalue weighted by Crippen LogP contribution is 2.18. The Morgan fingerprint density at radius 1 is 1.50 bits per heavy atom. The summed E-state index contributed by atoms with van der Waals surface area (Å²) in [5, 5.41) is 5.62. The molecule has 0 atom stereocenters. The lowest BCUT2D eigenvalue weighted by Gasteiger charge is -2.04. The monoisotopic (exact) mass is 262 g/mol. The van der Waals surface area contributed by atoms with Gasteiger partial charge in [-0.05, 0) is 13.0 Å². The van der Waals surface area contributed by atoms with Gasteiger partial charge in [-0.25, -0.2) is 18.5 Å². The number of hydrogen-bond donors (Lipinski definition) is 1. The number of hydrogen-bond acceptors (Lipinski definition) is 5. The van der Waals surface area contributed by atoms with Crippen LogP contribution in [-0.4, -0.2) is 31.5 Å². The first-order chi connectivity index (χ1) is 7.51. The second-order valence-corrected chi connectivity index (χ2v) is 5.81. The molecule has 1 aromatic heterocycles. The molecule has 0 fully saturated rings. The number of sulfonamides is 1. The van der Waals surface area contributed by atoms with E-state index in [1.54, 1.807) is 12.1 Å². The first kappa shape index (κ1) is 13.3. The van der Waals surface area contributed by atoms with Crippen LogP contribution < -0.4 is 9.88 Å². The fourth-order valence-corrected chi connectivity index (χ4v) is 2.77. The van der Waals surface area contributed by atoms with E-state index < -0.39 is 10.0 Å². The van der Waals surface area contributed by atoms with Crippen molar-refractivity contribution < 1.29 is 13.2 Å². The predicted molar refractivity (Wildman–Crippen MR) is 64.1 cm³/mol. The fraction of sp³-hybridized carbons (Fsp3) is 0.444. The summed E-state index contributed by atoms with van der Waals surface area (Å²) in [7, 11) is -3.39. The molecule has 0 aliphatic carbocycles. The number of pyridine rings is 1. The molecule has 0 spiro atoms. The summed E-state index contributed by atoms with van der Waals surface area (Å²) in [4.78, 5) is 4.19. The van der Waals surface area contributed by atoms with Crippen molar-refractivity contribution in [2.45, 2.75) is 11.9 Å². The topological polar surface area (TPSA) is 82.3 Å². The Bertz CT molecular complexity index is 434. The maximum atomic E-state index is 10.7. The van der Waals surface area contributed by atoms with Crippen LogP contribution in [0.25, 0.3) is 0 Å². The molecule has 0 amide bonds. The maximum absolute atomic E-state index is 10.7. The van der Waals surface area contributed by atoms with Gasteiger partial charge in [0.15, 0.2) is 0 Å². The average molecular weight is 262 g/mol. The predicted octanol–water partition coefficient (Wildman–Crippen LogP) is 0.861. The standard InChI is InChI=1S/C9H14N2O3S2/c1-2-14-8-4-3-5-9(11-8)15-6-7-16(10,12)13/h3-5H,2,6-7H2,1H3,(H2,10,12,13). The van der Waals surface area contributed by atoms with E-state index in [0.29, 0.717) is 18.2 Å². The van der Waals surface area contributed by atoms with Crippen molar-refractivity contribution in [1.29, 1.82) is 0 Å². The van der Waals surface area contributed by atoms with E-state index >= 15 is 0 Å². The van der Waals surface area contributed by atoms with Crippen molar-refractivity contribution in [3.63, 3.8) is 0 Å². The van der Waals surface area contributed by atoms with E-state index in [9.17, 15) is 8.42 Å². The Morgan fingerprint density at radius 3 is 2.88 bits per heavy atom. The second-order valence-electron chi connectivity index (χ2n) is 2.96. The molecule has 0 aromatic carbocycles. The number of thioether (sulfide) groups is 1. The lowest BCUT2D eigenvalue weighted by Crippen LogP contribution is -2.17. The molecule has 90 valence electrons. The smallest absolute Gasteiger partial charge is 0.214 e. The molecule has 0 unspecified atom stereocenters. The van der Waals surface area contributed by atoms with Crippen molar-refractivity contribution >= 4 is 21.8 Å². The number of nitrogens with zero attached hydrogens (tertiary/aromatic N) is 1. The molecule has 7 heteroatoms. The van der Waals surface area contributed by atoms with Gasteiger partial charge in [0.1, 0.15) is 5.03 Å². The number of rotatable bonds is 6. The van der Waals surface area contributed by atoms with Crippen LogP contribution >= 0.6 is 11.8 Å². The van der Waals surface area contributed by atoms with Crippen molar-refractivity contribution in [2.75, 3.05) is 18.1 Å². The van der Waals surface area contributed by atoms with Gasteiger partial charge in [-0.2, -0.15) is 0 Å². The third-order valence-electron chi connectivity index (χ3n) is 1.61. The highest BCUT2D eigenvalue weighted by Gasteiger charge is 2.04. The first-order valence-corrected chi connectivity index (χ1v) is 7.44. The average Bonchev–Trinajstić information content (AvgIpc) is 2.17. The maximum Gasteiger partial charge on any atom is 0.214 e. The fourth-order valence-electron chi connectivity index (χ4n) is 0.967. The number of ether oxygens (including phenoxy) is 1. The van der Waals surface area contributed by atoms with Gasteiger partial charge < -0.3 is 4.74 Å². The molecular weight excluding hydrogens is 248 g/mol. The second kappa shape index (κ2) is 6.07. The quantitative estimate of drug-likeness (QED) is 0.769. The van der Waals surface area contributed by atoms with Crippen molar-refractivity contribution in [3.8, 4) is 5.88 Å². The van der Waals surface area contributed by atoms with Gasteiger partial charge in [0.2, 0.25) is 15.9 Å². The third-order valence-corrected chi connectivity index (χ3v) is 3.57. The zero-order chi connectivity index (χ0) is 12.0. The SMILES string of the molecule is CCOc1cccc(SCCS(N)(=O)=O)n1. The van der Waals surface area contributed by atoms with Crippen LogP contribution in [0.3, 0.4) is 0 Å². The molecule has 2 N–H and O–H groups in total. The van der Waals surface area contributed by atoms with Crippen LogP contribution in [0.4, 0.5) is 0 Å². The molecule has 0 saturated carbocycles. The molecule has 1 rings (SSSR count). The van der Waals surface area contributed by atoms with Crippen molar-refractivity contribution in [3.05, 3.63) is 18.2 Å². The largest absolute Gasteiger partial charge is 0.478 e. The Labute approximate surface area is 99.4 Å². The highest BCUT2D eigenvalue weighted by molar-refractivity contribution is 8.00. The van der Waals surface area contributed by atoms with Crippen LogP contribution in [0.15, 0.2) is 23.2 Å². The van der Waals surface area contributed by atoms with Gasteiger partial charge in [0, 0.05) is 11.8 Å². The molecule has 0 aliphatic heterocycles. The highest BCUT2D eigenvalue weighted by atomic mass is 32.2. The number of primary sulfonamides is 1. The lowest BCUT2D eigenvalue weighted by molar-refractivity contribution is 0.324.